The van der Waals surface area contributed by atoms with E-state index in [2.05, 4.69) is 24.3 Å². The molecular formula is C20H17Cl2N4NiP. The van der Waals surface area contributed by atoms with Gasteiger partial charge in [-0.1, -0.05) is 0 Å². The SMILES string of the molecule is [Cl][Ni][Cl].c1ccc([PH](c2ccccn2)(c2ccccn2)c2ccccn2)nc1. The summed E-state index contributed by atoms with van der Waals surface area (Å²) in [4.78, 5) is 18.9. The van der Waals surface area contributed by atoms with Crippen molar-refractivity contribution < 1.29 is 12.7 Å². The summed E-state index contributed by atoms with van der Waals surface area (Å²) in [7, 11) is 6.66. The zero-order chi connectivity index (χ0) is 19.7. The van der Waals surface area contributed by atoms with Gasteiger partial charge >= 0.3 is 180 Å². The van der Waals surface area contributed by atoms with E-state index in [0.29, 0.717) is 12.7 Å². The second-order valence-electron chi connectivity index (χ2n) is 5.66. The van der Waals surface area contributed by atoms with Gasteiger partial charge in [0.25, 0.3) is 0 Å². The number of nitrogens with zero attached hydrogens (tertiary/aromatic N) is 4. The molecule has 0 aliphatic heterocycles. The molecule has 0 radical (unpaired) electrons. The Hall–Kier alpha value is -1.90. The normalized spacial score (nSPS) is 11.4. The van der Waals surface area contributed by atoms with Gasteiger partial charge < -0.3 is 0 Å². The standard InChI is InChI=1S/C20H17N4P.2ClH.Ni/c1-5-13-21-17(9-1)25(18-10-2-6-14-22-18,19-11-3-7-15-23-19)20-12-4-8-16-24-20;;;/h1-16,25H;2*1H;/q;;;+2/p-2. The van der Waals surface area contributed by atoms with Crippen LogP contribution in [0, 0.1) is 0 Å². The molecule has 0 N–H and O–H groups in total. The van der Waals surface area contributed by atoms with Crippen LogP contribution in [-0.2, 0) is 12.7 Å². The quantitative estimate of drug-likeness (QED) is 0.338. The summed E-state index contributed by atoms with van der Waals surface area (Å²) in [6, 6.07) is 24.0. The van der Waals surface area contributed by atoms with Gasteiger partial charge in [-0.25, -0.2) is 0 Å². The van der Waals surface area contributed by atoms with Crippen molar-refractivity contribution in [2.75, 3.05) is 0 Å². The Labute approximate surface area is 179 Å². The van der Waals surface area contributed by atoms with Crippen LogP contribution in [0.2, 0.25) is 0 Å². The van der Waals surface area contributed by atoms with Crippen LogP contribution in [0.5, 0.6) is 0 Å². The van der Waals surface area contributed by atoms with Crippen LogP contribution in [0.3, 0.4) is 0 Å². The summed E-state index contributed by atoms with van der Waals surface area (Å²) in [5.74, 6) is 0. The summed E-state index contributed by atoms with van der Waals surface area (Å²) in [5, 5.41) is 0. The predicted molar refractivity (Wildman–Crippen MR) is 116 cm³/mol. The fourth-order valence-corrected chi connectivity index (χ4v) is 7.16. The Bertz CT molecular complexity index is 801. The van der Waals surface area contributed by atoms with E-state index in [0.717, 1.165) is 21.7 Å². The third-order valence-electron chi connectivity index (χ3n) is 4.20. The van der Waals surface area contributed by atoms with Crippen LogP contribution >= 0.6 is 27.7 Å². The van der Waals surface area contributed by atoms with Gasteiger partial charge in [-0.2, -0.15) is 0 Å². The zero-order valence-electron chi connectivity index (χ0n) is 14.6. The Morgan fingerprint density at radius 3 is 0.929 bits per heavy atom. The average Bonchev–Trinajstić information content (AvgIpc) is 2.78. The Morgan fingerprint density at radius 2 is 0.750 bits per heavy atom. The van der Waals surface area contributed by atoms with Crippen molar-refractivity contribution in [1.29, 1.82) is 0 Å². The predicted octanol–water partition coefficient (Wildman–Crippen LogP) is 2.99. The molecule has 4 nitrogen and oxygen atoms in total. The summed E-state index contributed by atoms with van der Waals surface area (Å²) in [6.45, 7) is 0. The van der Waals surface area contributed by atoms with Crippen LogP contribution < -0.4 is 21.7 Å². The van der Waals surface area contributed by atoms with Gasteiger partial charge in [0.2, 0.25) is 0 Å². The minimum absolute atomic E-state index is 0.569. The summed E-state index contributed by atoms with van der Waals surface area (Å²) in [6.07, 6.45) is 7.30. The van der Waals surface area contributed by atoms with Crippen LogP contribution in [0.25, 0.3) is 0 Å². The molecule has 0 unspecified atom stereocenters. The van der Waals surface area contributed by atoms with Crippen molar-refractivity contribution in [1.82, 2.24) is 19.9 Å². The maximum absolute atomic E-state index is 4.72. The zero-order valence-corrected chi connectivity index (χ0v) is 18.1. The van der Waals surface area contributed by atoms with E-state index < -0.39 is 7.26 Å². The topological polar surface area (TPSA) is 51.6 Å². The molecule has 0 spiro atoms. The van der Waals surface area contributed by atoms with Crippen molar-refractivity contribution in [3.8, 4) is 0 Å². The molecule has 0 aliphatic rings. The first-order chi connectivity index (χ1) is 13.8. The van der Waals surface area contributed by atoms with Gasteiger partial charge in [-0.15, -0.1) is 0 Å². The molecule has 4 heterocycles. The molecule has 0 aliphatic carbocycles. The van der Waals surface area contributed by atoms with Crippen LogP contribution in [0.15, 0.2) is 97.6 Å². The molecule has 0 fully saturated rings. The molecule has 0 saturated carbocycles. The number of hydrogen-bond acceptors (Lipinski definition) is 4. The van der Waals surface area contributed by atoms with Crippen molar-refractivity contribution in [2.45, 2.75) is 0 Å². The molecule has 4 rings (SSSR count). The fourth-order valence-electron chi connectivity index (χ4n) is 3.13. The van der Waals surface area contributed by atoms with Gasteiger partial charge in [-0.3, -0.25) is 0 Å². The van der Waals surface area contributed by atoms with E-state index in [4.69, 9.17) is 40.3 Å². The van der Waals surface area contributed by atoms with Gasteiger partial charge in [-0.05, 0) is 0 Å². The van der Waals surface area contributed by atoms with Crippen molar-refractivity contribution in [3.63, 3.8) is 0 Å². The molecule has 0 atom stereocenters. The summed E-state index contributed by atoms with van der Waals surface area (Å²) in [5.41, 5.74) is 3.91. The monoisotopic (exact) mass is 472 g/mol. The molecule has 0 bridgehead atoms. The molecule has 4 aromatic heterocycles. The van der Waals surface area contributed by atoms with Gasteiger partial charge in [0.15, 0.2) is 0 Å². The first-order valence-corrected chi connectivity index (χ1v) is 13.0. The molecule has 0 amide bonds. The van der Waals surface area contributed by atoms with Crippen molar-refractivity contribution in [3.05, 3.63) is 97.6 Å². The van der Waals surface area contributed by atoms with E-state index in [1.54, 1.807) is 0 Å². The third kappa shape index (κ3) is 4.40. The van der Waals surface area contributed by atoms with E-state index in [9.17, 15) is 0 Å². The van der Waals surface area contributed by atoms with Crippen molar-refractivity contribution >= 4 is 49.4 Å². The maximum atomic E-state index is 4.72. The number of pyridine rings is 4. The average molecular weight is 474 g/mol. The molecule has 146 valence electrons. The molecule has 4 aromatic rings. The van der Waals surface area contributed by atoms with E-state index >= 15 is 0 Å². The fraction of sp³-hybridized carbons (Fsp3) is 0. The van der Waals surface area contributed by atoms with Crippen LogP contribution in [-0.4, -0.2) is 19.9 Å². The molecule has 8 heteroatoms. The second kappa shape index (κ2) is 10.6. The van der Waals surface area contributed by atoms with Gasteiger partial charge in [0, 0.05) is 0 Å². The first kappa shape index (κ1) is 20.8. The third-order valence-corrected chi connectivity index (χ3v) is 8.45. The van der Waals surface area contributed by atoms with E-state index in [-0.39, 0.29) is 0 Å². The van der Waals surface area contributed by atoms with E-state index in [1.165, 1.54) is 0 Å². The molecular weight excluding hydrogens is 457 g/mol. The van der Waals surface area contributed by atoms with Crippen LogP contribution in [0.1, 0.15) is 0 Å². The van der Waals surface area contributed by atoms with Gasteiger partial charge in [0.05, 0.1) is 0 Å². The van der Waals surface area contributed by atoms with Gasteiger partial charge in [0.1, 0.15) is 0 Å². The number of halogens is 2. The first-order valence-electron chi connectivity index (χ1n) is 8.32. The summed E-state index contributed by atoms with van der Waals surface area (Å²) < 4.78 is 0. The second-order valence-corrected chi connectivity index (χ2v) is 10.8. The Kier molecular flexibility index (Phi) is 7.88. The van der Waals surface area contributed by atoms with E-state index in [1.807, 2.05) is 73.3 Å². The van der Waals surface area contributed by atoms with Crippen LogP contribution in [0.4, 0.5) is 0 Å². The van der Waals surface area contributed by atoms with Crippen molar-refractivity contribution in [2.24, 2.45) is 0 Å². The Balaban J connectivity index is 0.000000706. The molecule has 28 heavy (non-hydrogen) atoms. The molecule has 0 aromatic carbocycles. The minimum atomic E-state index is -2.74. The molecule has 0 saturated heterocycles. The number of aromatic nitrogens is 4. The number of hydrogen-bond donors (Lipinski definition) is 0. The number of rotatable bonds is 4. The Morgan fingerprint density at radius 1 is 0.500 bits per heavy atom. The summed E-state index contributed by atoms with van der Waals surface area (Å²) >= 11 is 0.569.